The zero-order valence-electron chi connectivity index (χ0n) is 26.3. The number of piperazine rings is 1. The summed E-state index contributed by atoms with van der Waals surface area (Å²) in [6.45, 7) is 13.7. The molecule has 7 heteroatoms. The SMILES string of the molecule is COc1ccc(CCN2CCN(C3CC4(CCN(C(=O)OC(C)(C)CO)CC4)C3)C(c3ccccc3C(C)C)C2)cc1. The first kappa shape index (κ1) is 30.8. The molecule has 5 rings (SSSR count). The number of carbonyl (C=O) groups is 1. The Balaban J connectivity index is 1.23. The highest BCUT2D eigenvalue weighted by atomic mass is 16.6. The lowest BCUT2D eigenvalue weighted by molar-refractivity contribution is -0.0800. The minimum absolute atomic E-state index is 0.173. The van der Waals surface area contributed by atoms with Crippen LogP contribution in [0.4, 0.5) is 4.79 Å². The number of piperidine rings is 1. The van der Waals surface area contributed by atoms with Crippen molar-refractivity contribution in [3.63, 3.8) is 0 Å². The van der Waals surface area contributed by atoms with Crippen molar-refractivity contribution < 1.29 is 19.4 Å². The quantitative estimate of drug-likeness (QED) is 0.402. The number of likely N-dealkylation sites (tertiary alicyclic amines) is 1. The van der Waals surface area contributed by atoms with Gasteiger partial charge in [-0.05, 0) is 86.1 Å². The highest BCUT2D eigenvalue weighted by Crippen LogP contribution is 2.53. The van der Waals surface area contributed by atoms with E-state index < -0.39 is 5.60 Å². The largest absolute Gasteiger partial charge is 0.497 e. The van der Waals surface area contributed by atoms with Crippen LogP contribution < -0.4 is 4.74 Å². The van der Waals surface area contributed by atoms with E-state index in [9.17, 15) is 9.90 Å². The third-order valence-corrected chi connectivity index (χ3v) is 9.99. The van der Waals surface area contributed by atoms with Crippen molar-refractivity contribution in [3.8, 4) is 5.75 Å². The summed E-state index contributed by atoms with van der Waals surface area (Å²) in [4.78, 5) is 20.0. The van der Waals surface area contributed by atoms with Gasteiger partial charge in [0, 0.05) is 51.4 Å². The second kappa shape index (κ2) is 12.9. The smallest absolute Gasteiger partial charge is 0.410 e. The van der Waals surface area contributed by atoms with Gasteiger partial charge in [0.1, 0.15) is 11.4 Å². The summed E-state index contributed by atoms with van der Waals surface area (Å²) in [7, 11) is 1.72. The van der Waals surface area contributed by atoms with Crippen molar-refractivity contribution >= 4 is 6.09 Å². The maximum Gasteiger partial charge on any atom is 0.410 e. The van der Waals surface area contributed by atoms with Gasteiger partial charge in [-0.1, -0.05) is 50.2 Å². The zero-order valence-corrected chi connectivity index (χ0v) is 26.3. The van der Waals surface area contributed by atoms with Gasteiger partial charge in [0.2, 0.25) is 0 Å². The molecule has 2 heterocycles. The molecule has 7 nitrogen and oxygen atoms in total. The Morgan fingerprint density at radius 3 is 2.36 bits per heavy atom. The fraction of sp³-hybridized carbons (Fsp3) is 0.629. The molecule has 2 saturated heterocycles. The van der Waals surface area contributed by atoms with Crippen LogP contribution >= 0.6 is 0 Å². The number of nitrogens with zero attached hydrogens (tertiary/aromatic N) is 3. The normalized spacial score (nSPS) is 21.9. The average molecular weight is 578 g/mol. The number of ether oxygens (including phenoxy) is 2. The summed E-state index contributed by atoms with van der Waals surface area (Å²) >= 11 is 0. The monoisotopic (exact) mass is 577 g/mol. The summed E-state index contributed by atoms with van der Waals surface area (Å²) < 4.78 is 10.9. The Morgan fingerprint density at radius 2 is 1.71 bits per heavy atom. The Morgan fingerprint density at radius 1 is 1.02 bits per heavy atom. The van der Waals surface area contributed by atoms with E-state index in [1.165, 1.54) is 29.5 Å². The fourth-order valence-corrected chi connectivity index (χ4v) is 7.27. The molecule has 1 spiro atoms. The van der Waals surface area contributed by atoms with E-state index in [1.807, 2.05) is 4.90 Å². The summed E-state index contributed by atoms with van der Waals surface area (Å²) in [6, 6.07) is 18.6. The van der Waals surface area contributed by atoms with Gasteiger partial charge in [0.05, 0.1) is 13.7 Å². The minimum Gasteiger partial charge on any atom is -0.497 e. The molecule has 42 heavy (non-hydrogen) atoms. The molecule has 1 atom stereocenters. The van der Waals surface area contributed by atoms with Gasteiger partial charge in [-0.3, -0.25) is 9.80 Å². The molecule has 1 unspecified atom stereocenters. The molecule has 1 N–H and O–H groups in total. The second-order valence-corrected chi connectivity index (χ2v) is 13.8. The van der Waals surface area contributed by atoms with Crippen LogP contribution in [0, 0.1) is 5.41 Å². The van der Waals surface area contributed by atoms with Crippen molar-refractivity contribution in [2.24, 2.45) is 5.41 Å². The number of amides is 1. The predicted molar refractivity (Wildman–Crippen MR) is 167 cm³/mol. The van der Waals surface area contributed by atoms with Crippen LogP contribution in [0.25, 0.3) is 0 Å². The molecular formula is C35H51N3O4. The molecule has 2 aromatic carbocycles. The highest BCUT2D eigenvalue weighted by molar-refractivity contribution is 5.68. The van der Waals surface area contributed by atoms with E-state index in [1.54, 1.807) is 21.0 Å². The van der Waals surface area contributed by atoms with Gasteiger partial charge in [-0.15, -0.1) is 0 Å². The molecule has 2 aliphatic heterocycles. The molecule has 1 aliphatic carbocycles. The maximum atomic E-state index is 12.7. The lowest BCUT2D eigenvalue weighted by Crippen LogP contribution is -2.60. The highest BCUT2D eigenvalue weighted by Gasteiger charge is 2.50. The van der Waals surface area contributed by atoms with E-state index in [2.05, 4.69) is 72.2 Å². The first-order valence-electron chi connectivity index (χ1n) is 15.9. The number of aliphatic hydroxyl groups is 1. The maximum absolute atomic E-state index is 12.7. The topological polar surface area (TPSA) is 65.5 Å². The molecule has 0 radical (unpaired) electrons. The number of rotatable bonds is 9. The fourth-order valence-electron chi connectivity index (χ4n) is 7.27. The number of aliphatic hydroxyl groups excluding tert-OH is 1. The molecule has 230 valence electrons. The van der Waals surface area contributed by atoms with Gasteiger partial charge in [-0.2, -0.15) is 0 Å². The van der Waals surface area contributed by atoms with Crippen LogP contribution in [0.5, 0.6) is 5.75 Å². The number of benzene rings is 2. The molecule has 1 amide bonds. The second-order valence-electron chi connectivity index (χ2n) is 13.8. The van der Waals surface area contributed by atoms with Gasteiger partial charge in [0.15, 0.2) is 0 Å². The third-order valence-electron chi connectivity index (χ3n) is 9.99. The van der Waals surface area contributed by atoms with Gasteiger partial charge in [0.25, 0.3) is 0 Å². The molecule has 0 aromatic heterocycles. The van der Waals surface area contributed by atoms with Crippen molar-refractivity contribution in [3.05, 3.63) is 65.2 Å². The van der Waals surface area contributed by atoms with Crippen molar-refractivity contribution in [1.29, 1.82) is 0 Å². The van der Waals surface area contributed by atoms with Crippen molar-refractivity contribution in [1.82, 2.24) is 14.7 Å². The lowest BCUT2D eigenvalue weighted by atomic mass is 9.59. The number of carbonyl (C=O) groups excluding carboxylic acids is 1. The van der Waals surface area contributed by atoms with Gasteiger partial charge >= 0.3 is 6.09 Å². The van der Waals surface area contributed by atoms with Crippen LogP contribution in [0.3, 0.4) is 0 Å². The molecule has 0 bridgehead atoms. The van der Waals surface area contributed by atoms with Crippen LogP contribution in [-0.4, -0.2) is 90.5 Å². The molecule has 3 fully saturated rings. The van der Waals surface area contributed by atoms with E-state index in [4.69, 9.17) is 9.47 Å². The molecule has 3 aliphatic rings. The van der Waals surface area contributed by atoms with Crippen molar-refractivity contribution in [2.45, 2.75) is 83.4 Å². The standard InChI is InChI=1S/C35H51N3O4/c1-26(2)30-8-6-7-9-31(30)32-24-36(17-14-27-10-12-29(41-5)13-11-27)20-21-38(32)28-22-35(23-28)15-18-37(19-16-35)33(40)42-34(3,4)25-39/h6-13,26,28,32,39H,14-25H2,1-5H3. The van der Waals surface area contributed by atoms with Gasteiger partial charge in [-0.25, -0.2) is 4.79 Å². The van der Waals surface area contributed by atoms with E-state index in [0.717, 1.165) is 64.3 Å². The van der Waals surface area contributed by atoms with Crippen LogP contribution in [0.2, 0.25) is 0 Å². The number of hydrogen-bond acceptors (Lipinski definition) is 6. The summed E-state index contributed by atoms with van der Waals surface area (Å²) in [6.07, 6.45) is 5.24. The molecule has 1 saturated carbocycles. The predicted octanol–water partition coefficient (Wildman–Crippen LogP) is 5.87. The lowest BCUT2D eigenvalue weighted by Gasteiger charge is -2.58. The number of methoxy groups -OCH3 is 1. The Hall–Kier alpha value is -2.61. The first-order chi connectivity index (χ1) is 20.1. The molecule has 2 aromatic rings. The minimum atomic E-state index is -0.841. The summed E-state index contributed by atoms with van der Waals surface area (Å²) in [5.74, 6) is 1.40. The Bertz CT molecular complexity index is 1180. The van der Waals surface area contributed by atoms with E-state index in [-0.39, 0.29) is 12.7 Å². The van der Waals surface area contributed by atoms with Crippen LogP contribution in [0.15, 0.2) is 48.5 Å². The van der Waals surface area contributed by atoms with Crippen LogP contribution in [0.1, 0.15) is 82.0 Å². The average Bonchev–Trinajstić information content (AvgIpc) is 2.99. The zero-order chi connectivity index (χ0) is 29.9. The summed E-state index contributed by atoms with van der Waals surface area (Å²) in [5, 5.41) is 9.48. The van der Waals surface area contributed by atoms with E-state index in [0.29, 0.717) is 23.4 Å². The van der Waals surface area contributed by atoms with Gasteiger partial charge < -0.3 is 19.5 Å². The van der Waals surface area contributed by atoms with Crippen LogP contribution in [-0.2, 0) is 11.2 Å². The summed E-state index contributed by atoms with van der Waals surface area (Å²) in [5.41, 5.74) is 3.81. The Kier molecular flexibility index (Phi) is 9.50. The number of hydrogen-bond donors (Lipinski definition) is 1. The first-order valence-corrected chi connectivity index (χ1v) is 15.9. The van der Waals surface area contributed by atoms with E-state index >= 15 is 0 Å². The third kappa shape index (κ3) is 6.95. The molecular weight excluding hydrogens is 526 g/mol. The van der Waals surface area contributed by atoms with Crippen molar-refractivity contribution in [2.75, 3.05) is 53.0 Å². The Labute approximate surface area is 252 Å².